The normalized spacial score (nSPS) is 19.6. The second-order valence-electron chi connectivity index (χ2n) is 8.19. The van der Waals surface area contributed by atoms with E-state index in [9.17, 15) is 19.5 Å². The lowest BCUT2D eigenvalue weighted by Crippen LogP contribution is -2.42. The van der Waals surface area contributed by atoms with Gasteiger partial charge in [-0.05, 0) is 34.6 Å². The van der Waals surface area contributed by atoms with E-state index in [1.807, 2.05) is 31.2 Å². The summed E-state index contributed by atoms with van der Waals surface area (Å²) in [5.74, 6) is -1.45. The molecule has 2 atom stereocenters. The number of aliphatic carboxylic acids is 1. The van der Waals surface area contributed by atoms with Crippen molar-refractivity contribution in [1.29, 1.82) is 0 Å². The average molecular weight is 434 g/mol. The van der Waals surface area contributed by atoms with Crippen LogP contribution in [-0.2, 0) is 14.3 Å². The molecule has 0 aromatic heterocycles. The summed E-state index contributed by atoms with van der Waals surface area (Å²) in [5, 5.41) is 11.9. The Morgan fingerprint density at radius 1 is 1.09 bits per heavy atom. The minimum Gasteiger partial charge on any atom is -0.480 e. The molecule has 4 rings (SSSR count). The number of amides is 2. The third-order valence-corrected chi connectivity index (χ3v) is 6.20. The van der Waals surface area contributed by atoms with E-state index in [0.29, 0.717) is 13.0 Å². The van der Waals surface area contributed by atoms with Gasteiger partial charge in [0.1, 0.15) is 12.6 Å². The van der Waals surface area contributed by atoms with Gasteiger partial charge >= 0.3 is 12.1 Å². The molecule has 1 fully saturated rings. The van der Waals surface area contributed by atoms with Gasteiger partial charge in [0.2, 0.25) is 5.91 Å². The van der Waals surface area contributed by atoms with E-state index in [1.54, 1.807) is 0 Å². The lowest BCUT2D eigenvalue weighted by molar-refractivity contribution is -0.147. The number of hydrogen-bond acceptors (Lipinski definition) is 4. The van der Waals surface area contributed by atoms with Crippen LogP contribution in [0.25, 0.3) is 11.1 Å². The minimum atomic E-state index is -0.992. The first-order chi connectivity index (χ1) is 15.5. The zero-order chi connectivity index (χ0) is 22.7. The van der Waals surface area contributed by atoms with Crippen LogP contribution in [0.15, 0.2) is 60.7 Å². The van der Waals surface area contributed by atoms with Crippen LogP contribution in [0.1, 0.15) is 30.4 Å². The Kier molecular flexibility index (Phi) is 6.25. The number of ether oxygens (including phenoxy) is 1. The third kappa shape index (κ3) is 4.23. The molecule has 32 heavy (non-hydrogen) atoms. The number of hydrogen-bond donors (Lipinski definition) is 2. The van der Waals surface area contributed by atoms with E-state index in [4.69, 9.17) is 4.74 Å². The molecule has 2 aliphatic rings. The number of benzene rings is 2. The van der Waals surface area contributed by atoms with Crippen molar-refractivity contribution in [2.24, 2.45) is 5.92 Å². The number of carboxylic acids is 1. The molecule has 1 heterocycles. The first-order valence-electron chi connectivity index (χ1n) is 10.8. The molecule has 1 saturated heterocycles. The summed E-state index contributed by atoms with van der Waals surface area (Å²) in [5.41, 5.74) is 4.60. The predicted molar refractivity (Wildman–Crippen MR) is 119 cm³/mol. The van der Waals surface area contributed by atoms with Gasteiger partial charge in [-0.2, -0.15) is 0 Å². The van der Waals surface area contributed by atoms with Crippen LogP contribution >= 0.6 is 0 Å². The zero-order valence-corrected chi connectivity index (χ0v) is 17.9. The van der Waals surface area contributed by atoms with Gasteiger partial charge in [0, 0.05) is 25.1 Å². The van der Waals surface area contributed by atoms with Crippen molar-refractivity contribution in [3.8, 4) is 11.1 Å². The van der Waals surface area contributed by atoms with Gasteiger partial charge in [0.15, 0.2) is 0 Å². The summed E-state index contributed by atoms with van der Waals surface area (Å²) in [6.07, 6.45) is 2.90. The standard InChI is InChI=1S/C25H26N2O5/c1-16-12-14-27(23(16)24(29)30)22(28)11-6-13-26-25(31)32-15-21-19-9-4-2-7-17(19)18-8-3-5-10-20(18)21/h2-11,16,21,23H,12-15H2,1H3,(H,26,31)(H,29,30)/b11-6+. The Bertz CT molecular complexity index is 1020. The third-order valence-electron chi connectivity index (χ3n) is 6.20. The number of nitrogens with zero attached hydrogens (tertiary/aromatic N) is 1. The lowest BCUT2D eigenvalue weighted by Gasteiger charge is -2.21. The molecule has 2 unspecified atom stereocenters. The number of carbonyl (C=O) groups is 3. The number of nitrogens with one attached hydrogen (secondary N) is 1. The molecule has 1 aliphatic carbocycles. The Labute approximate surface area is 186 Å². The van der Waals surface area contributed by atoms with Crippen molar-refractivity contribution in [2.75, 3.05) is 19.7 Å². The topological polar surface area (TPSA) is 95.9 Å². The summed E-state index contributed by atoms with van der Waals surface area (Å²) in [4.78, 5) is 37.2. The van der Waals surface area contributed by atoms with Crippen LogP contribution in [0.2, 0.25) is 0 Å². The van der Waals surface area contributed by atoms with Gasteiger partial charge in [-0.1, -0.05) is 61.5 Å². The molecule has 0 spiro atoms. The second kappa shape index (κ2) is 9.26. The molecule has 0 saturated carbocycles. The monoisotopic (exact) mass is 434 g/mol. The molecule has 2 aromatic carbocycles. The number of fused-ring (bicyclic) bond motifs is 3. The van der Waals surface area contributed by atoms with Crippen molar-refractivity contribution in [3.05, 3.63) is 71.8 Å². The molecule has 0 radical (unpaired) electrons. The summed E-state index contributed by atoms with van der Waals surface area (Å²) < 4.78 is 5.45. The van der Waals surface area contributed by atoms with E-state index >= 15 is 0 Å². The highest BCUT2D eigenvalue weighted by Gasteiger charge is 2.38. The largest absolute Gasteiger partial charge is 0.480 e. The van der Waals surface area contributed by atoms with Gasteiger partial charge in [0.05, 0.1) is 0 Å². The van der Waals surface area contributed by atoms with E-state index < -0.39 is 18.1 Å². The highest BCUT2D eigenvalue weighted by Crippen LogP contribution is 2.44. The second-order valence-corrected chi connectivity index (χ2v) is 8.19. The summed E-state index contributed by atoms with van der Waals surface area (Å²) in [7, 11) is 0. The number of carbonyl (C=O) groups excluding carboxylic acids is 2. The molecule has 2 aromatic rings. The number of likely N-dealkylation sites (tertiary alicyclic amines) is 1. The van der Waals surface area contributed by atoms with Gasteiger partial charge in [-0.25, -0.2) is 9.59 Å². The van der Waals surface area contributed by atoms with Crippen molar-refractivity contribution in [1.82, 2.24) is 10.2 Å². The molecular weight excluding hydrogens is 408 g/mol. The van der Waals surface area contributed by atoms with Crippen molar-refractivity contribution < 1.29 is 24.2 Å². The Balaban J connectivity index is 1.28. The molecule has 0 bridgehead atoms. The Morgan fingerprint density at radius 3 is 2.34 bits per heavy atom. The SMILES string of the molecule is CC1CCN(C(=O)/C=C/CNC(=O)OCC2c3ccccc3-c3ccccc32)C1C(=O)O. The van der Waals surface area contributed by atoms with Crippen LogP contribution in [0.3, 0.4) is 0 Å². The Morgan fingerprint density at radius 2 is 1.72 bits per heavy atom. The van der Waals surface area contributed by atoms with Gasteiger partial charge in [-0.3, -0.25) is 4.79 Å². The highest BCUT2D eigenvalue weighted by atomic mass is 16.5. The van der Waals surface area contributed by atoms with E-state index in [0.717, 1.165) is 22.3 Å². The van der Waals surface area contributed by atoms with Gasteiger partial charge in [-0.15, -0.1) is 0 Å². The zero-order valence-electron chi connectivity index (χ0n) is 17.9. The average Bonchev–Trinajstić information content (AvgIpc) is 3.33. The van der Waals surface area contributed by atoms with Crippen LogP contribution in [-0.4, -0.2) is 53.7 Å². The predicted octanol–water partition coefficient (Wildman–Crippen LogP) is 3.40. The van der Waals surface area contributed by atoms with E-state index in [1.165, 1.54) is 17.1 Å². The molecule has 7 nitrogen and oxygen atoms in total. The molecule has 7 heteroatoms. The quantitative estimate of drug-likeness (QED) is 0.680. The van der Waals surface area contributed by atoms with E-state index in [2.05, 4.69) is 29.6 Å². The Hall–Kier alpha value is -3.61. The molecular formula is C25H26N2O5. The van der Waals surface area contributed by atoms with Crippen molar-refractivity contribution >= 4 is 18.0 Å². The maximum Gasteiger partial charge on any atom is 0.407 e. The number of rotatable bonds is 6. The summed E-state index contributed by atoms with van der Waals surface area (Å²) in [6.45, 7) is 2.58. The molecule has 2 N–H and O–H groups in total. The first kappa shape index (κ1) is 21.6. The summed E-state index contributed by atoms with van der Waals surface area (Å²) in [6, 6.07) is 15.4. The summed E-state index contributed by atoms with van der Waals surface area (Å²) >= 11 is 0. The van der Waals surface area contributed by atoms with Crippen LogP contribution in [0, 0.1) is 5.92 Å². The van der Waals surface area contributed by atoms with Crippen molar-refractivity contribution in [3.63, 3.8) is 0 Å². The van der Waals surface area contributed by atoms with Crippen LogP contribution < -0.4 is 5.32 Å². The van der Waals surface area contributed by atoms with Gasteiger partial charge in [0.25, 0.3) is 0 Å². The smallest absolute Gasteiger partial charge is 0.407 e. The van der Waals surface area contributed by atoms with Crippen LogP contribution in [0.4, 0.5) is 4.79 Å². The molecule has 166 valence electrons. The first-order valence-corrected chi connectivity index (χ1v) is 10.8. The lowest BCUT2D eigenvalue weighted by atomic mass is 9.98. The fourth-order valence-electron chi connectivity index (χ4n) is 4.62. The molecule has 1 aliphatic heterocycles. The van der Waals surface area contributed by atoms with Crippen LogP contribution in [0.5, 0.6) is 0 Å². The fourth-order valence-corrected chi connectivity index (χ4v) is 4.62. The van der Waals surface area contributed by atoms with E-state index in [-0.39, 0.29) is 30.9 Å². The van der Waals surface area contributed by atoms with Gasteiger partial charge < -0.3 is 20.1 Å². The minimum absolute atomic E-state index is 0.0182. The number of alkyl carbamates (subject to hydrolysis) is 1. The fraction of sp³-hybridized carbons (Fsp3) is 0.320. The maximum absolute atomic E-state index is 12.3. The van der Waals surface area contributed by atoms with Crippen molar-refractivity contribution in [2.45, 2.75) is 25.3 Å². The maximum atomic E-state index is 12.3. The molecule has 2 amide bonds. The number of carboxylic acid groups (broad SMARTS) is 1. The highest BCUT2D eigenvalue weighted by molar-refractivity contribution is 5.91.